The van der Waals surface area contributed by atoms with E-state index in [1.807, 2.05) is 0 Å². The Balaban J connectivity index is 3.07. The van der Waals surface area contributed by atoms with E-state index >= 15 is 0 Å². The average Bonchev–Trinajstić information content (AvgIpc) is 2.55. The van der Waals surface area contributed by atoms with Crippen LogP contribution < -0.4 is 5.73 Å². The Morgan fingerprint density at radius 2 is 2.00 bits per heavy atom. The molecule has 0 aliphatic rings. The smallest absolute Gasteiger partial charge is 0.194 e. The van der Waals surface area contributed by atoms with Gasteiger partial charge in [-0.2, -0.15) is 14.9 Å². The highest BCUT2D eigenvalue weighted by Gasteiger charge is 2.22. The maximum absolute atomic E-state index is 11.6. The Bertz CT molecular complexity index is 798. The number of hydrogen-bond donors (Lipinski definition) is 1. The van der Waals surface area contributed by atoms with Gasteiger partial charge in [-0.25, -0.2) is 13.4 Å². The molecule has 0 aliphatic heterocycles. The van der Waals surface area contributed by atoms with Gasteiger partial charge < -0.3 is 5.73 Å². The van der Waals surface area contributed by atoms with Gasteiger partial charge in [-0.1, -0.05) is 0 Å². The number of anilines is 1. The lowest BCUT2D eigenvalue weighted by molar-refractivity contribution is 0.598. The van der Waals surface area contributed by atoms with Gasteiger partial charge in [0, 0.05) is 11.8 Å². The summed E-state index contributed by atoms with van der Waals surface area (Å²) in [5, 5.41) is 12.8. The largest absolute Gasteiger partial charge is 0.382 e. The molecule has 2 aromatic rings. The number of fused-ring (bicyclic) bond motifs is 1. The summed E-state index contributed by atoms with van der Waals surface area (Å²) in [5.74, 6) is -0.0147. The summed E-state index contributed by atoms with van der Waals surface area (Å²) in [6.07, 6.45) is 0.991. The van der Waals surface area contributed by atoms with Gasteiger partial charge in [-0.15, -0.1) is 0 Å². The molecular formula is C10H11N5O2S. The first kappa shape index (κ1) is 12.3. The molecule has 0 aromatic carbocycles. The summed E-state index contributed by atoms with van der Waals surface area (Å²) >= 11 is 0. The summed E-state index contributed by atoms with van der Waals surface area (Å²) in [7, 11) is -3.62. The maximum atomic E-state index is 11.6. The number of nitrogens with two attached hydrogens (primary N) is 1. The molecule has 0 aliphatic carbocycles. The van der Waals surface area contributed by atoms with Crippen LogP contribution in [0.3, 0.4) is 0 Å². The minimum atomic E-state index is -3.62. The number of nitrogens with zero attached hydrogens (tertiary/aromatic N) is 4. The first-order valence-electron chi connectivity index (χ1n) is 5.03. The molecule has 0 atom stereocenters. The number of nitrogen functional groups attached to an aromatic ring is 1. The molecule has 0 amide bonds. The van der Waals surface area contributed by atoms with Crippen molar-refractivity contribution in [1.82, 2.24) is 14.6 Å². The number of aromatic nitrogens is 3. The van der Waals surface area contributed by atoms with Crippen LogP contribution >= 0.6 is 0 Å². The van der Waals surface area contributed by atoms with E-state index in [1.165, 1.54) is 4.52 Å². The fraction of sp³-hybridized carbons (Fsp3) is 0.300. The number of nitriles is 1. The summed E-state index contributed by atoms with van der Waals surface area (Å²) in [6, 6.07) is 1.76. The van der Waals surface area contributed by atoms with Gasteiger partial charge in [0.1, 0.15) is 17.5 Å². The molecule has 18 heavy (non-hydrogen) atoms. The van der Waals surface area contributed by atoms with E-state index in [0.29, 0.717) is 11.3 Å². The molecule has 0 saturated heterocycles. The van der Waals surface area contributed by atoms with Crippen LogP contribution in [0.4, 0.5) is 5.82 Å². The third kappa shape index (κ3) is 1.60. The number of aryl methyl sites for hydroxylation is 2. The van der Waals surface area contributed by atoms with E-state index in [-0.39, 0.29) is 16.4 Å². The predicted octanol–water partition coefficient (Wildman–Crippen LogP) is 0.204. The number of rotatable bonds is 1. The van der Waals surface area contributed by atoms with Crippen LogP contribution in [0, 0.1) is 25.2 Å². The van der Waals surface area contributed by atoms with Crippen molar-refractivity contribution in [3.8, 4) is 6.07 Å². The first-order chi connectivity index (χ1) is 8.27. The molecule has 0 fully saturated rings. The van der Waals surface area contributed by atoms with Crippen LogP contribution in [0.5, 0.6) is 0 Å². The van der Waals surface area contributed by atoms with Gasteiger partial charge >= 0.3 is 0 Å². The van der Waals surface area contributed by atoms with Gasteiger partial charge in [0.25, 0.3) is 0 Å². The first-order valence-corrected chi connectivity index (χ1v) is 6.92. The van der Waals surface area contributed by atoms with Gasteiger partial charge in [0.05, 0.1) is 5.69 Å². The fourth-order valence-corrected chi connectivity index (χ4v) is 2.41. The van der Waals surface area contributed by atoms with Crippen LogP contribution in [0.2, 0.25) is 0 Å². The van der Waals surface area contributed by atoms with Crippen molar-refractivity contribution in [3.05, 3.63) is 16.8 Å². The van der Waals surface area contributed by atoms with Crippen molar-refractivity contribution in [3.63, 3.8) is 0 Å². The monoisotopic (exact) mass is 265 g/mol. The molecule has 2 heterocycles. The summed E-state index contributed by atoms with van der Waals surface area (Å²) in [5.41, 5.74) is 7.38. The predicted molar refractivity (Wildman–Crippen MR) is 64.7 cm³/mol. The minimum Gasteiger partial charge on any atom is -0.382 e. The molecule has 2 N–H and O–H groups in total. The van der Waals surface area contributed by atoms with E-state index in [4.69, 9.17) is 11.0 Å². The molecule has 94 valence electrons. The molecule has 2 rings (SSSR count). The second kappa shape index (κ2) is 3.68. The topological polar surface area (TPSA) is 114 Å². The lowest BCUT2D eigenvalue weighted by Crippen LogP contribution is -2.11. The Morgan fingerprint density at radius 1 is 1.39 bits per heavy atom. The van der Waals surface area contributed by atoms with Crippen molar-refractivity contribution in [2.24, 2.45) is 0 Å². The quantitative estimate of drug-likeness (QED) is 0.737. The molecule has 0 unspecified atom stereocenters. The lowest BCUT2D eigenvalue weighted by Gasteiger charge is -2.06. The van der Waals surface area contributed by atoms with Gasteiger partial charge in [-0.05, 0) is 13.8 Å². The number of sulfone groups is 1. The van der Waals surface area contributed by atoms with Crippen LogP contribution in [-0.4, -0.2) is 29.3 Å². The lowest BCUT2D eigenvalue weighted by atomic mass is 10.3. The minimum absolute atomic E-state index is 0.0147. The third-order valence-corrected chi connectivity index (χ3v) is 3.70. The summed E-state index contributed by atoms with van der Waals surface area (Å²) in [6.45, 7) is 3.53. The molecule has 0 saturated carbocycles. The van der Waals surface area contributed by atoms with Crippen molar-refractivity contribution in [1.29, 1.82) is 5.26 Å². The van der Waals surface area contributed by atoms with Gasteiger partial charge in [0.2, 0.25) is 0 Å². The highest BCUT2D eigenvalue weighted by molar-refractivity contribution is 7.90. The Labute approximate surface area is 104 Å². The van der Waals surface area contributed by atoms with Crippen molar-refractivity contribution in [2.75, 3.05) is 12.0 Å². The zero-order valence-corrected chi connectivity index (χ0v) is 10.9. The Hall–Kier alpha value is -2.14. The molecule has 7 nitrogen and oxygen atoms in total. The third-order valence-electron chi connectivity index (χ3n) is 2.70. The van der Waals surface area contributed by atoms with Gasteiger partial charge in [0.15, 0.2) is 20.5 Å². The maximum Gasteiger partial charge on any atom is 0.194 e. The average molecular weight is 265 g/mol. The summed E-state index contributed by atoms with van der Waals surface area (Å²) in [4.78, 5) is 4.01. The molecule has 0 radical (unpaired) electrons. The highest BCUT2D eigenvalue weighted by Crippen LogP contribution is 2.23. The standard InChI is InChI=1S/C10H11N5O2S/c1-5-6(2)14-15-8(12)7(4-11)10(13-9(5)15)18(3,16)17/h12H2,1-3H3. The van der Waals surface area contributed by atoms with Crippen LogP contribution in [0.25, 0.3) is 5.65 Å². The molecule has 0 spiro atoms. The zero-order chi connectivity index (χ0) is 13.7. The molecular weight excluding hydrogens is 254 g/mol. The van der Waals surface area contributed by atoms with Crippen molar-refractivity contribution < 1.29 is 8.42 Å². The molecule has 2 aromatic heterocycles. The van der Waals surface area contributed by atoms with Crippen LogP contribution in [0.1, 0.15) is 16.8 Å². The Morgan fingerprint density at radius 3 is 2.50 bits per heavy atom. The van der Waals surface area contributed by atoms with Crippen LogP contribution in [-0.2, 0) is 9.84 Å². The van der Waals surface area contributed by atoms with E-state index in [2.05, 4.69) is 10.1 Å². The van der Waals surface area contributed by atoms with Crippen molar-refractivity contribution in [2.45, 2.75) is 18.9 Å². The fourth-order valence-electron chi connectivity index (χ4n) is 1.63. The van der Waals surface area contributed by atoms with Gasteiger partial charge in [-0.3, -0.25) is 0 Å². The number of hydrogen-bond acceptors (Lipinski definition) is 6. The Kier molecular flexibility index (Phi) is 2.52. The zero-order valence-electron chi connectivity index (χ0n) is 10.1. The van der Waals surface area contributed by atoms with Crippen molar-refractivity contribution >= 4 is 21.3 Å². The van der Waals surface area contributed by atoms with Crippen LogP contribution in [0.15, 0.2) is 5.03 Å². The van der Waals surface area contributed by atoms with E-state index in [9.17, 15) is 8.42 Å². The summed E-state index contributed by atoms with van der Waals surface area (Å²) < 4.78 is 24.5. The second-order valence-corrected chi connectivity index (χ2v) is 5.94. The SMILES string of the molecule is Cc1nn2c(N)c(C#N)c(S(C)(=O)=O)nc2c1C. The highest BCUT2D eigenvalue weighted by atomic mass is 32.2. The molecule has 0 bridgehead atoms. The normalized spacial score (nSPS) is 11.7. The van der Waals surface area contributed by atoms with E-state index in [1.54, 1.807) is 19.9 Å². The molecule has 8 heteroatoms. The second-order valence-electron chi connectivity index (χ2n) is 4.01. The van der Waals surface area contributed by atoms with E-state index in [0.717, 1.165) is 11.8 Å². The van der Waals surface area contributed by atoms with E-state index < -0.39 is 9.84 Å².